The summed E-state index contributed by atoms with van der Waals surface area (Å²) in [7, 11) is 0. The molecule has 2 rings (SSSR count). The number of rotatable bonds is 1. The van der Waals surface area contributed by atoms with Gasteiger partial charge in [-0.05, 0) is 31.4 Å². The van der Waals surface area contributed by atoms with Gasteiger partial charge in [0.25, 0.3) is 0 Å². The lowest BCUT2D eigenvalue weighted by Crippen LogP contribution is -2.07. The zero-order chi connectivity index (χ0) is 10.3. The Kier molecular flexibility index (Phi) is 2.01. The maximum absolute atomic E-state index is 13.5. The molecule has 14 heavy (non-hydrogen) atoms. The fraction of sp³-hybridized carbons (Fsp3) is 0.364. The summed E-state index contributed by atoms with van der Waals surface area (Å²) in [6.45, 7) is 1.82. The molecule has 1 aliphatic carbocycles. The van der Waals surface area contributed by atoms with Gasteiger partial charge in [0.05, 0.1) is 16.5 Å². The summed E-state index contributed by atoms with van der Waals surface area (Å²) in [6, 6.07) is 5.17. The van der Waals surface area contributed by atoms with Gasteiger partial charge in [0, 0.05) is 5.56 Å². The van der Waals surface area contributed by atoms with Crippen LogP contribution in [0, 0.1) is 24.1 Å². The molecule has 1 aliphatic rings. The van der Waals surface area contributed by atoms with Crippen molar-refractivity contribution in [1.29, 1.82) is 5.26 Å². The van der Waals surface area contributed by atoms with E-state index < -0.39 is 5.41 Å². The monoisotopic (exact) mass is 209 g/mol. The highest BCUT2D eigenvalue weighted by Gasteiger charge is 2.48. The van der Waals surface area contributed by atoms with Crippen LogP contribution in [0.15, 0.2) is 12.1 Å². The van der Waals surface area contributed by atoms with E-state index in [0.717, 1.165) is 5.56 Å². The molecule has 0 saturated heterocycles. The molecule has 1 saturated carbocycles. The number of benzene rings is 1. The largest absolute Gasteiger partial charge is 0.207 e. The number of halogens is 2. The number of nitrogens with zero attached hydrogens (tertiary/aromatic N) is 1. The van der Waals surface area contributed by atoms with Crippen LogP contribution in [0.4, 0.5) is 4.39 Å². The zero-order valence-corrected chi connectivity index (χ0v) is 8.53. The Morgan fingerprint density at radius 3 is 2.64 bits per heavy atom. The van der Waals surface area contributed by atoms with Gasteiger partial charge in [-0.3, -0.25) is 0 Å². The molecule has 3 heteroatoms. The number of hydrogen-bond donors (Lipinski definition) is 0. The van der Waals surface area contributed by atoms with Gasteiger partial charge in [0.2, 0.25) is 0 Å². The van der Waals surface area contributed by atoms with E-state index in [9.17, 15) is 4.39 Å². The average molecular weight is 210 g/mol. The molecule has 0 heterocycles. The quantitative estimate of drug-likeness (QED) is 0.696. The minimum Gasteiger partial charge on any atom is -0.207 e. The van der Waals surface area contributed by atoms with Crippen molar-refractivity contribution in [2.24, 2.45) is 0 Å². The molecule has 1 aromatic rings. The smallest absolute Gasteiger partial charge is 0.129 e. The van der Waals surface area contributed by atoms with Gasteiger partial charge in [-0.15, -0.1) is 0 Å². The molecular weight excluding hydrogens is 201 g/mol. The molecule has 1 nitrogen and oxygen atoms in total. The summed E-state index contributed by atoms with van der Waals surface area (Å²) < 4.78 is 13.5. The van der Waals surface area contributed by atoms with Gasteiger partial charge in [0.15, 0.2) is 0 Å². The predicted octanol–water partition coefficient (Wildman–Crippen LogP) is 3.34. The van der Waals surface area contributed by atoms with Gasteiger partial charge < -0.3 is 0 Å². The summed E-state index contributed by atoms with van der Waals surface area (Å²) >= 11 is 6.01. The maximum atomic E-state index is 13.5. The molecule has 0 atom stereocenters. The molecule has 0 amide bonds. The van der Waals surface area contributed by atoms with Crippen LogP contribution in [0.5, 0.6) is 0 Å². The normalized spacial score (nSPS) is 17.6. The lowest BCUT2D eigenvalue weighted by atomic mass is 9.95. The van der Waals surface area contributed by atoms with Crippen LogP contribution in [-0.2, 0) is 5.41 Å². The third-order valence-corrected chi connectivity index (χ3v) is 3.21. The second-order valence-corrected chi connectivity index (χ2v) is 4.13. The van der Waals surface area contributed by atoms with E-state index in [1.54, 1.807) is 6.07 Å². The fourth-order valence-electron chi connectivity index (χ4n) is 1.64. The first kappa shape index (κ1) is 9.48. The van der Waals surface area contributed by atoms with Crippen molar-refractivity contribution < 1.29 is 4.39 Å². The van der Waals surface area contributed by atoms with Crippen LogP contribution >= 0.6 is 11.6 Å². The molecule has 1 aromatic carbocycles. The standard InChI is InChI=1S/C11H9ClFN/c1-7-2-3-8(13)9(10(7)12)11(6-14)4-5-11/h2-3H,4-5H2,1H3. The Morgan fingerprint density at radius 1 is 1.50 bits per heavy atom. The Balaban J connectivity index is 2.64. The van der Waals surface area contributed by atoms with Crippen LogP contribution in [0.1, 0.15) is 24.0 Å². The molecule has 72 valence electrons. The molecule has 0 spiro atoms. The highest BCUT2D eigenvalue weighted by atomic mass is 35.5. The topological polar surface area (TPSA) is 23.8 Å². The summed E-state index contributed by atoms with van der Waals surface area (Å²) in [5.41, 5.74) is 0.568. The third-order valence-electron chi connectivity index (χ3n) is 2.73. The maximum Gasteiger partial charge on any atom is 0.129 e. The van der Waals surface area contributed by atoms with Crippen molar-refractivity contribution in [3.63, 3.8) is 0 Å². The molecule has 0 radical (unpaired) electrons. The van der Waals surface area contributed by atoms with E-state index in [-0.39, 0.29) is 5.82 Å². The van der Waals surface area contributed by atoms with Crippen molar-refractivity contribution in [3.05, 3.63) is 34.1 Å². The average Bonchev–Trinajstić information content (AvgIpc) is 2.93. The number of aryl methyl sites for hydroxylation is 1. The third kappa shape index (κ3) is 1.20. The molecule has 0 aliphatic heterocycles. The second-order valence-electron chi connectivity index (χ2n) is 3.75. The van der Waals surface area contributed by atoms with Gasteiger partial charge >= 0.3 is 0 Å². The summed E-state index contributed by atoms with van der Waals surface area (Å²) in [4.78, 5) is 0. The van der Waals surface area contributed by atoms with Crippen LogP contribution in [0.3, 0.4) is 0 Å². The zero-order valence-electron chi connectivity index (χ0n) is 7.77. The van der Waals surface area contributed by atoms with Gasteiger partial charge in [0.1, 0.15) is 5.82 Å². The highest BCUT2D eigenvalue weighted by molar-refractivity contribution is 6.32. The SMILES string of the molecule is Cc1ccc(F)c(C2(C#N)CC2)c1Cl. The lowest BCUT2D eigenvalue weighted by molar-refractivity contribution is 0.599. The van der Waals surface area contributed by atoms with Crippen molar-refractivity contribution in [2.75, 3.05) is 0 Å². The van der Waals surface area contributed by atoms with E-state index in [1.807, 2.05) is 6.92 Å². The minimum atomic E-state index is -0.646. The van der Waals surface area contributed by atoms with E-state index in [1.165, 1.54) is 6.07 Å². The first-order valence-corrected chi connectivity index (χ1v) is 4.85. The van der Waals surface area contributed by atoms with Crippen molar-refractivity contribution in [2.45, 2.75) is 25.2 Å². The predicted molar refractivity (Wildman–Crippen MR) is 52.7 cm³/mol. The van der Waals surface area contributed by atoms with E-state index >= 15 is 0 Å². The van der Waals surface area contributed by atoms with Crippen molar-refractivity contribution in [3.8, 4) is 6.07 Å². The molecule has 0 unspecified atom stereocenters. The Labute approximate surface area is 87.1 Å². The van der Waals surface area contributed by atoms with Crippen LogP contribution in [-0.4, -0.2) is 0 Å². The molecule has 1 fully saturated rings. The summed E-state index contributed by atoms with van der Waals surface area (Å²) in [5.74, 6) is -0.361. The summed E-state index contributed by atoms with van der Waals surface area (Å²) in [6.07, 6.45) is 1.42. The fourth-order valence-corrected chi connectivity index (χ4v) is 1.97. The first-order valence-electron chi connectivity index (χ1n) is 4.47. The molecule has 0 aromatic heterocycles. The van der Waals surface area contributed by atoms with E-state index in [4.69, 9.17) is 16.9 Å². The van der Waals surface area contributed by atoms with Crippen molar-refractivity contribution in [1.82, 2.24) is 0 Å². The lowest BCUT2D eigenvalue weighted by Gasteiger charge is -2.11. The molecule has 0 N–H and O–H groups in total. The van der Waals surface area contributed by atoms with Crippen LogP contribution in [0.25, 0.3) is 0 Å². The second kappa shape index (κ2) is 2.96. The Hall–Kier alpha value is -1.07. The highest BCUT2D eigenvalue weighted by Crippen LogP contribution is 2.51. The van der Waals surface area contributed by atoms with Gasteiger partial charge in [-0.2, -0.15) is 5.26 Å². The van der Waals surface area contributed by atoms with Crippen molar-refractivity contribution >= 4 is 11.6 Å². The van der Waals surface area contributed by atoms with E-state index in [2.05, 4.69) is 6.07 Å². The Morgan fingerprint density at radius 2 is 2.14 bits per heavy atom. The van der Waals surface area contributed by atoms with Gasteiger partial charge in [-0.1, -0.05) is 17.7 Å². The van der Waals surface area contributed by atoms with Crippen LogP contribution < -0.4 is 0 Å². The minimum absolute atomic E-state index is 0.361. The molecule has 0 bridgehead atoms. The molecular formula is C11H9ClFN. The first-order chi connectivity index (χ1) is 6.60. The van der Waals surface area contributed by atoms with E-state index in [0.29, 0.717) is 23.4 Å². The number of nitriles is 1. The summed E-state index contributed by atoms with van der Waals surface area (Å²) in [5, 5.41) is 9.38. The van der Waals surface area contributed by atoms with Crippen LogP contribution in [0.2, 0.25) is 5.02 Å². The number of hydrogen-bond acceptors (Lipinski definition) is 1. The Bertz CT molecular complexity index is 430. The van der Waals surface area contributed by atoms with Gasteiger partial charge in [-0.25, -0.2) is 4.39 Å².